The number of rotatable bonds is 2. The molecule has 2 bridgehead atoms. The number of fused-ring (bicyclic) bond motifs is 5. The van der Waals surface area contributed by atoms with E-state index in [4.69, 9.17) is 4.98 Å². The molecule has 0 saturated carbocycles. The van der Waals surface area contributed by atoms with Crippen LogP contribution in [0.4, 0.5) is 5.95 Å². The van der Waals surface area contributed by atoms with E-state index in [9.17, 15) is 4.79 Å². The fraction of sp³-hybridized carbons (Fsp3) is 0.318. The first-order chi connectivity index (χ1) is 14.7. The molecule has 2 atom stereocenters. The summed E-state index contributed by atoms with van der Waals surface area (Å²) in [4.78, 5) is 33.2. The lowest BCUT2D eigenvalue weighted by Crippen LogP contribution is -2.47. The second-order valence-corrected chi connectivity index (χ2v) is 8.27. The SMILES string of the molecule is Cn1cnc2nc(N3C[C@@H]4C[C@H](C3)c3cc(-c5ccccn5)cc(=O)n3C4)ncc21. The molecule has 0 N–H and O–H groups in total. The molecule has 1 fully saturated rings. The number of aryl methyl sites for hydroxylation is 1. The lowest BCUT2D eigenvalue weighted by molar-refractivity contribution is 0.280. The summed E-state index contributed by atoms with van der Waals surface area (Å²) < 4.78 is 3.87. The molecular weight excluding hydrogens is 378 g/mol. The van der Waals surface area contributed by atoms with Crippen LogP contribution in [-0.2, 0) is 13.6 Å². The van der Waals surface area contributed by atoms with Gasteiger partial charge < -0.3 is 14.0 Å². The first-order valence-electron chi connectivity index (χ1n) is 10.2. The Morgan fingerprint density at radius 3 is 2.87 bits per heavy atom. The van der Waals surface area contributed by atoms with Crippen LogP contribution in [0.5, 0.6) is 0 Å². The smallest absolute Gasteiger partial charge is 0.251 e. The third kappa shape index (κ3) is 2.71. The Morgan fingerprint density at radius 1 is 1.07 bits per heavy atom. The average Bonchev–Trinajstić information content (AvgIpc) is 3.15. The molecule has 0 aromatic carbocycles. The molecule has 8 nitrogen and oxygen atoms in total. The van der Waals surface area contributed by atoms with Crippen LogP contribution in [0.1, 0.15) is 18.0 Å². The van der Waals surface area contributed by atoms with Crippen LogP contribution in [0.25, 0.3) is 22.4 Å². The van der Waals surface area contributed by atoms with Crippen molar-refractivity contribution in [3.8, 4) is 11.3 Å². The van der Waals surface area contributed by atoms with E-state index in [0.29, 0.717) is 17.5 Å². The van der Waals surface area contributed by atoms with Crippen LogP contribution >= 0.6 is 0 Å². The Labute approximate surface area is 172 Å². The summed E-state index contributed by atoms with van der Waals surface area (Å²) in [5.74, 6) is 1.38. The highest BCUT2D eigenvalue weighted by Gasteiger charge is 2.36. The van der Waals surface area contributed by atoms with E-state index < -0.39 is 0 Å². The van der Waals surface area contributed by atoms with Crippen molar-refractivity contribution in [2.75, 3.05) is 18.0 Å². The fourth-order valence-corrected chi connectivity index (χ4v) is 4.86. The highest BCUT2D eigenvalue weighted by atomic mass is 16.1. The minimum absolute atomic E-state index is 0.0578. The van der Waals surface area contributed by atoms with Gasteiger partial charge in [-0.15, -0.1) is 0 Å². The van der Waals surface area contributed by atoms with Gasteiger partial charge in [0, 0.05) is 56.1 Å². The van der Waals surface area contributed by atoms with E-state index in [-0.39, 0.29) is 11.5 Å². The van der Waals surface area contributed by atoms with Crippen molar-refractivity contribution in [1.29, 1.82) is 0 Å². The third-order valence-corrected chi connectivity index (χ3v) is 6.27. The molecule has 0 amide bonds. The largest absolute Gasteiger partial charge is 0.340 e. The maximum atomic E-state index is 12.9. The molecule has 30 heavy (non-hydrogen) atoms. The molecule has 0 spiro atoms. The molecule has 2 aliphatic heterocycles. The normalized spacial score (nSPS) is 20.4. The van der Waals surface area contributed by atoms with Crippen molar-refractivity contribution in [1.82, 2.24) is 29.1 Å². The average molecular weight is 399 g/mol. The molecule has 0 aliphatic carbocycles. The third-order valence-electron chi connectivity index (χ3n) is 6.27. The van der Waals surface area contributed by atoms with E-state index >= 15 is 0 Å². The number of hydrogen-bond acceptors (Lipinski definition) is 6. The second-order valence-electron chi connectivity index (χ2n) is 8.27. The number of nitrogens with zero attached hydrogens (tertiary/aromatic N) is 7. The minimum Gasteiger partial charge on any atom is -0.340 e. The zero-order chi connectivity index (χ0) is 20.2. The summed E-state index contributed by atoms with van der Waals surface area (Å²) >= 11 is 0. The molecule has 6 rings (SSSR count). The quantitative estimate of drug-likeness (QED) is 0.514. The molecule has 2 aliphatic rings. The Balaban J connectivity index is 1.38. The Kier molecular flexibility index (Phi) is 3.74. The van der Waals surface area contributed by atoms with Gasteiger partial charge in [-0.25, -0.2) is 9.97 Å². The first kappa shape index (κ1) is 17.3. The number of piperidine rings is 1. The summed E-state index contributed by atoms with van der Waals surface area (Å²) in [5.41, 5.74) is 4.50. The Bertz CT molecular complexity index is 1310. The Morgan fingerprint density at radius 2 is 2.00 bits per heavy atom. The van der Waals surface area contributed by atoms with Crippen molar-refractivity contribution in [3.63, 3.8) is 0 Å². The van der Waals surface area contributed by atoms with E-state index in [1.165, 1.54) is 0 Å². The molecule has 6 heterocycles. The van der Waals surface area contributed by atoms with Crippen LogP contribution < -0.4 is 10.5 Å². The van der Waals surface area contributed by atoms with Crippen molar-refractivity contribution < 1.29 is 0 Å². The van der Waals surface area contributed by atoms with E-state index in [1.807, 2.05) is 40.6 Å². The maximum Gasteiger partial charge on any atom is 0.251 e. The summed E-state index contributed by atoms with van der Waals surface area (Å²) in [7, 11) is 1.94. The van der Waals surface area contributed by atoms with Crippen molar-refractivity contribution in [2.45, 2.75) is 18.9 Å². The number of hydrogen-bond donors (Lipinski definition) is 0. The van der Waals surface area contributed by atoms with Gasteiger partial charge in [0.2, 0.25) is 5.95 Å². The predicted octanol–water partition coefficient (Wildman–Crippen LogP) is 2.21. The molecule has 4 aromatic rings. The van der Waals surface area contributed by atoms with Gasteiger partial charge in [0.25, 0.3) is 5.56 Å². The number of pyridine rings is 2. The molecule has 1 saturated heterocycles. The summed E-state index contributed by atoms with van der Waals surface area (Å²) in [6.07, 6.45) is 6.44. The van der Waals surface area contributed by atoms with Gasteiger partial charge in [0.1, 0.15) is 5.52 Å². The number of aromatic nitrogens is 6. The van der Waals surface area contributed by atoms with Gasteiger partial charge in [-0.05, 0) is 30.5 Å². The first-order valence-corrected chi connectivity index (χ1v) is 10.2. The summed E-state index contributed by atoms with van der Waals surface area (Å²) in [5, 5.41) is 0. The molecule has 0 radical (unpaired) electrons. The summed E-state index contributed by atoms with van der Waals surface area (Å²) in [6.45, 7) is 2.37. The minimum atomic E-state index is 0.0578. The van der Waals surface area contributed by atoms with E-state index in [2.05, 4.69) is 25.9 Å². The molecule has 150 valence electrons. The van der Waals surface area contributed by atoms with Gasteiger partial charge in [0.05, 0.1) is 18.2 Å². The van der Waals surface area contributed by atoms with Crippen molar-refractivity contribution >= 4 is 17.1 Å². The van der Waals surface area contributed by atoms with E-state index in [1.54, 1.807) is 18.6 Å². The van der Waals surface area contributed by atoms with Gasteiger partial charge in [-0.1, -0.05) is 6.07 Å². The molecule has 4 aromatic heterocycles. The topological polar surface area (TPSA) is 81.7 Å². The number of anilines is 1. The van der Waals surface area contributed by atoms with Gasteiger partial charge in [-0.2, -0.15) is 4.98 Å². The zero-order valence-corrected chi connectivity index (χ0v) is 16.6. The van der Waals surface area contributed by atoms with Gasteiger partial charge in [0.15, 0.2) is 5.65 Å². The number of imidazole rings is 1. The highest BCUT2D eigenvalue weighted by Crippen LogP contribution is 2.37. The van der Waals surface area contributed by atoms with Crippen molar-refractivity contribution in [2.24, 2.45) is 13.0 Å². The lowest BCUT2D eigenvalue weighted by atomic mass is 9.82. The fourth-order valence-electron chi connectivity index (χ4n) is 4.86. The van der Waals surface area contributed by atoms with Crippen LogP contribution in [0.15, 0.2) is 53.8 Å². The lowest BCUT2D eigenvalue weighted by Gasteiger charge is -2.42. The van der Waals surface area contributed by atoms with E-state index in [0.717, 1.165) is 48.5 Å². The Hall–Kier alpha value is -3.55. The summed E-state index contributed by atoms with van der Waals surface area (Å²) in [6, 6.07) is 9.62. The second kappa shape index (κ2) is 6.48. The van der Waals surface area contributed by atoms with Crippen LogP contribution in [0.2, 0.25) is 0 Å². The standard InChI is InChI=1S/C22H21N7O/c1-27-13-25-21-19(27)9-24-22(26-21)28-10-14-6-16(12-28)18-7-15(8-20(30)29(18)11-14)17-4-2-3-5-23-17/h2-5,7-9,13-14,16H,6,10-12H2,1H3/t14-,16+/m0/s1. The van der Waals surface area contributed by atoms with Crippen LogP contribution in [0.3, 0.4) is 0 Å². The van der Waals surface area contributed by atoms with Crippen molar-refractivity contribution in [3.05, 3.63) is 65.1 Å². The van der Waals surface area contributed by atoms with Gasteiger partial charge >= 0.3 is 0 Å². The maximum absolute atomic E-state index is 12.9. The molecule has 0 unspecified atom stereocenters. The predicted molar refractivity (Wildman–Crippen MR) is 113 cm³/mol. The van der Waals surface area contributed by atoms with Crippen LogP contribution in [-0.4, -0.2) is 42.2 Å². The van der Waals surface area contributed by atoms with Crippen LogP contribution in [0, 0.1) is 5.92 Å². The van der Waals surface area contributed by atoms with Gasteiger partial charge in [-0.3, -0.25) is 9.78 Å². The highest BCUT2D eigenvalue weighted by molar-refractivity contribution is 5.71. The zero-order valence-electron chi connectivity index (χ0n) is 16.6. The monoisotopic (exact) mass is 399 g/mol. The molecule has 8 heteroatoms. The molecular formula is C22H21N7O.